The molecule has 1 aromatic carbocycles. The predicted octanol–water partition coefficient (Wildman–Crippen LogP) is 3.43. The maximum absolute atomic E-state index is 10.1. The second kappa shape index (κ2) is 8.04. The van der Waals surface area contributed by atoms with E-state index in [2.05, 4.69) is 24.0 Å². The van der Waals surface area contributed by atoms with Gasteiger partial charge >= 0.3 is 0 Å². The Labute approximate surface area is 146 Å². The molecule has 1 N–H and O–H groups in total. The highest BCUT2D eigenvalue weighted by Crippen LogP contribution is 2.32. The number of rotatable bonds is 7. The Kier molecular flexibility index (Phi) is 6.33. The summed E-state index contributed by atoms with van der Waals surface area (Å²) in [6.45, 7) is 6.35. The molecule has 0 fully saturated rings. The van der Waals surface area contributed by atoms with Crippen LogP contribution in [-0.2, 0) is 7.05 Å². The van der Waals surface area contributed by atoms with Gasteiger partial charge in [0.25, 0.3) is 0 Å². The summed E-state index contributed by atoms with van der Waals surface area (Å²) in [7, 11) is 1.87. The van der Waals surface area contributed by atoms with Crippen molar-refractivity contribution in [2.24, 2.45) is 7.05 Å². The van der Waals surface area contributed by atoms with E-state index in [0.717, 1.165) is 27.1 Å². The quantitative estimate of drug-likeness (QED) is 0.771. The van der Waals surface area contributed by atoms with E-state index in [1.807, 2.05) is 30.7 Å². The topological polar surface area (TPSA) is 60.2 Å². The van der Waals surface area contributed by atoms with Crippen LogP contribution in [0.25, 0.3) is 0 Å². The van der Waals surface area contributed by atoms with Gasteiger partial charge in [-0.1, -0.05) is 37.2 Å². The molecule has 0 saturated heterocycles. The van der Waals surface area contributed by atoms with Gasteiger partial charge in [-0.2, -0.15) is 0 Å². The van der Waals surface area contributed by atoms with Gasteiger partial charge in [-0.25, -0.2) is 0 Å². The highest BCUT2D eigenvalue weighted by molar-refractivity contribution is 7.99. The third-order valence-corrected chi connectivity index (χ3v) is 5.01. The zero-order valence-electron chi connectivity index (χ0n) is 13.8. The van der Waals surface area contributed by atoms with Crippen molar-refractivity contribution >= 4 is 23.4 Å². The van der Waals surface area contributed by atoms with Crippen LogP contribution in [0.15, 0.2) is 23.6 Å². The molecule has 23 heavy (non-hydrogen) atoms. The van der Waals surface area contributed by atoms with Crippen LogP contribution in [0.2, 0.25) is 5.02 Å². The fraction of sp³-hybridized carbons (Fsp3) is 0.500. The number of ether oxygens (including phenoxy) is 1. The average Bonchev–Trinajstić information content (AvgIpc) is 2.91. The lowest BCUT2D eigenvalue weighted by Gasteiger charge is -2.18. The molecule has 2 aromatic rings. The molecule has 1 heterocycles. The first-order valence-corrected chi connectivity index (χ1v) is 8.82. The van der Waals surface area contributed by atoms with Gasteiger partial charge in [0.15, 0.2) is 5.16 Å². The van der Waals surface area contributed by atoms with Crippen LogP contribution < -0.4 is 4.74 Å². The number of nitrogens with zero attached hydrogens (tertiary/aromatic N) is 3. The van der Waals surface area contributed by atoms with Crippen molar-refractivity contribution in [1.29, 1.82) is 0 Å². The number of aryl methyl sites for hydroxylation is 2. The Bertz CT molecular complexity index is 661. The molecule has 7 heteroatoms. The minimum atomic E-state index is -0.590. The van der Waals surface area contributed by atoms with Crippen molar-refractivity contribution in [2.75, 3.05) is 12.4 Å². The van der Waals surface area contributed by atoms with Crippen LogP contribution in [0.4, 0.5) is 0 Å². The first-order valence-electron chi connectivity index (χ1n) is 7.46. The van der Waals surface area contributed by atoms with E-state index in [1.165, 1.54) is 11.8 Å². The smallest absolute Gasteiger partial charge is 0.190 e. The van der Waals surface area contributed by atoms with Crippen molar-refractivity contribution in [3.8, 4) is 5.75 Å². The zero-order valence-corrected chi connectivity index (χ0v) is 15.4. The molecule has 0 spiro atoms. The normalized spacial score (nSPS) is 12.7. The van der Waals surface area contributed by atoms with Gasteiger partial charge in [0.05, 0.1) is 6.10 Å². The summed E-state index contributed by atoms with van der Waals surface area (Å²) in [6, 6.07) is 3.87. The molecule has 5 nitrogen and oxygen atoms in total. The molecular weight excluding hydrogens is 334 g/mol. The molecule has 0 aliphatic heterocycles. The molecule has 1 atom stereocenters. The van der Waals surface area contributed by atoms with Crippen LogP contribution >= 0.6 is 23.4 Å². The van der Waals surface area contributed by atoms with Crippen LogP contribution in [-0.4, -0.2) is 38.3 Å². The lowest BCUT2D eigenvalue weighted by molar-refractivity contribution is 0.125. The maximum Gasteiger partial charge on any atom is 0.190 e. The van der Waals surface area contributed by atoms with E-state index in [1.54, 1.807) is 6.33 Å². The molecule has 1 aromatic heterocycles. The summed E-state index contributed by atoms with van der Waals surface area (Å²) in [5, 5.41) is 19.4. The van der Waals surface area contributed by atoms with Gasteiger partial charge in [0, 0.05) is 17.8 Å². The monoisotopic (exact) mass is 355 g/mol. The van der Waals surface area contributed by atoms with Crippen LogP contribution in [0.3, 0.4) is 0 Å². The second-order valence-corrected chi connectivity index (χ2v) is 7.19. The largest absolute Gasteiger partial charge is 0.491 e. The van der Waals surface area contributed by atoms with Crippen molar-refractivity contribution < 1.29 is 9.84 Å². The number of aliphatic hydroxyl groups excluding tert-OH is 1. The van der Waals surface area contributed by atoms with E-state index < -0.39 is 6.10 Å². The fourth-order valence-electron chi connectivity index (χ4n) is 2.05. The highest BCUT2D eigenvalue weighted by Gasteiger charge is 2.14. The van der Waals surface area contributed by atoms with Gasteiger partial charge in [-0.05, 0) is 36.1 Å². The summed E-state index contributed by atoms with van der Waals surface area (Å²) in [5.74, 6) is 1.58. The first kappa shape index (κ1) is 18.1. The van der Waals surface area contributed by atoms with Gasteiger partial charge in [-0.3, -0.25) is 0 Å². The predicted molar refractivity (Wildman–Crippen MR) is 93.5 cm³/mol. The number of benzene rings is 1. The molecule has 0 bridgehead atoms. The van der Waals surface area contributed by atoms with E-state index in [-0.39, 0.29) is 6.61 Å². The molecule has 126 valence electrons. The molecule has 1 unspecified atom stereocenters. The molecule has 2 rings (SSSR count). The van der Waals surface area contributed by atoms with Gasteiger partial charge in [0.2, 0.25) is 0 Å². The van der Waals surface area contributed by atoms with Gasteiger partial charge in [-0.15, -0.1) is 10.2 Å². The Balaban J connectivity index is 1.94. The third-order valence-electron chi connectivity index (χ3n) is 3.42. The molecule has 0 aliphatic carbocycles. The Hall–Kier alpha value is -1.24. The van der Waals surface area contributed by atoms with E-state index >= 15 is 0 Å². The summed E-state index contributed by atoms with van der Waals surface area (Å²) >= 11 is 7.64. The summed E-state index contributed by atoms with van der Waals surface area (Å²) in [6.07, 6.45) is 1.05. The Morgan fingerprint density at radius 1 is 1.39 bits per heavy atom. The number of hydrogen-bond donors (Lipinski definition) is 1. The minimum absolute atomic E-state index is 0.228. The van der Waals surface area contributed by atoms with Crippen LogP contribution in [0.1, 0.15) is 30.9 Å². The summed E-state index contributed by atoms with van der Waals surface area (Å²) in [5.41, 5.74) is 2.02. The van der Waals surface area contributed by atoms with Crippen molar-refractivity contribution in [1.82, 2.24) is 14.8 Å². The molecule has 0 radical (unpaired) electrons. The molecule has 0 amide bonds. The van der Waals surface area contributed by atoms with Gasteiger partial charge < -0.3 is 14.4 Å². The number of thioether (sulfide) groups is 1. The maximum atomic E-state index is 10.1. The zero-order chi connectivity index (χ0) is 17.0. The second-order valence-electron chi connectivity index (χ2n) is 5.79. The lowest BCUT2D eigenvalue weighted by atomic mass is 10.0. The highest BCUT2D eigenvalue weighted by atomic mass is 35.5. The van der Waals surface area contributed by atoms with Crippen molar-refractivity contribution in [2.45, 2.75) is 37.9 Å². The lowest BCUT2D eigenvalue weighted by Crippen LogP contribution is -2.21. The van der Waals surface area contributed by atoms with E-state index in [9.17, 15) is 5.11 Å². The van der Waals surface area contributed by atoms with Gasteiger partial charge in [0.1, 0.15) is 18.7 Å². The van der Waals surface area contributed by atoms with Crippen LogP contribution in [0.5, 0.6) is 5.75 Å². The Morgan fingerprint density at radius 2 is 2.13 bits per heavy atom. The number of aromatic nitrogens is 3. The molecular formula is C16H22ClN3O2S. The molecule has 0 saturated carbocycles. The number of hydrogen-bond acceptors (Lipinski definition) is 5. The standard InChI is InChI=1S/C16H22ClN3O2S/c1-10(2)13-6-14(17)11(3)5-15(13)22-7-12(21)8-23-16-19-18-9-20(16)4/h5-6,9-10,12,21H,7-8H2,1-4H3. The van der Waals surface area contributed by atoms with Crippen molar-refractivity contribution in [3.05, 3.63) is 34.6 Å². The number of aliphatic hydroxyl groups is 1. The third kappa shape index (κ3) is 4.86. The summed E-state index contributed by atoms with van der Waals surface area (Å²) in [4.78, 5) is 0. The van der Waals surface area contributed by atoms with E-state index in [4.69, 9.17) is 16.3 Å². The average molecular weight is 356 g/mol. The Morgan fingerprint density at radius 3 is 2.74 bits per heavy atom. The molecule has 0 aliphatic rings. The van der Waals surface area contributed by atoms with E-state index in [0.29, 0.717) is 11.7 Å². The minimum Gasteiger partial charge on any atom is -0.491 e. The van der Waals surface area contributed by atoms with Crippen LogP contribution in [0, 0.1) is 6.92 Å². The summed E-state index contributed by atoms with van der Waals surface area (Å²) < 4.78 is 7.65. The first-order chi connectivity index (χ1) is 10.9. The SMILES string of the molecule is Cc1cc(OCC(O)CSc2nncn2C)c(C(C)C)cc1Cl. The number of halogens is 1. The fourth-order valence-corrected chi connectivity index (χ4v) is 3.02. The van der Waals surface area contributed by atoms with Crippen molar-refractivity contribution in [3.63, 3.8) is 0 Å².